The van der Waals surface area contributed by atoms with Gasteiger partial charge in [-0.2, -0.15) is 0 Å². The quantitative estimate of drug-likeness (QED) is 0.546. The number of benzene rings is 1. The molecule has 0 aliphatic rings. The Morgan fingerprint density at radius 2 is 2.31 bits per heavy atom. The summed E-state index contributed by atoms with van der Waals surface area (Å²) in [5.74, 6) is -0.223. The Morgan fingerprint density at radius 3 is 2.92 bits per heavy atom. The smallest absolute Gasteiger partial charge is 0.124 e. The van der Waals surface area contributed by atoms with Gasteiger partial charge in [0.25, 0.3) is 0 Å². The molecular weight excluding hydrogens is 187 g/mol. The van der Waals surface area contributed by atoms with Crippen molar-refractivity contribution in [3.05, 3.63) is 29.6 Å². The summed E-state index contributed by atoms with van der Waals surface area (Å²) >= 11 is 1.50. The highest BCUT2D eigenvalue weighted by Gasteiger charge is 2.02. The summed E-state index contributed by atoms with van der Waals surface area (Å²) < 4.78 is 12.8. The Hall–Kier alpha value is -0.830. The fraction of sp³-hybridized carbons (Fsp3) is 0.300. The molecule has 0 spiro atoms. The maximum absolute atomic E-state index is 12.8. The molecule has 0 atom stereocenters. The number of carbonyl (C=O) groups is 1. The van der Waals surface area contributed by atoms with Crippen molar-refractivity contribution in [3.8, 4) is 0 Å². The van der Waals surface area contributed by atoms with Gasteiger partial charge >= 0.3 is 0 Å². The number of aryl methyl sites for hydroxylation is 1. The van der Waals surface area contributed by atoms with Gasteiger partial charge in [-0.15, -0.1) is 11.8 Å². The number of hydrogen-bond acceptors (Lipinski definition) is 2. The molecule has 13 heavy (non-hydrogen) atoms. The van der Waals surface area contributed by atoms with Crippen molar-refractivity contribution >= 4 is 18.0 Å². The third kappa shape index (κ3) is 2.84. The highest BCUT2D eigenvalue weighted by Crippen LogP contribution is 2.22. The summed E-state index contributed by atoms with van der Waals surface area (Å²) in [6.07, 6.45) is 3.98. The molecule has 0 unspecified atom stereocenters. The van der Waals surface area contributed by atoms with Crippen molar-refractivity contribution in [2.75, 3.05) is 6.26 Å². The van der Waals surface area contributed by atoms with Crippen LogP contribution in [-0.4, -0.2) is 12.5 Å². The van der Waals surface area contributed by atoms with Gasteiger partial charge in [0.15, 0.2) is 0 Å². The van der Waals surface area contributed by atoms with Gasteiger partial charge in [0.2, 0.25) is 0 Å². The van der Waals surface area contributed by atoms with E-state index in [1.165, 1.54) is 23.9 Å². The van der Waals surface area contributed by atoms with E-state index in [0.29, 0.717) is 12.8 Å². The largest absolute Gasteiger partial charge is 0.303 e. The van der Waals surface area contributed by atoms with E-state index in [9.17, 15) is 9.18 Å². The van der Waals surface area contributed by atoms with Crippen molar-refractivity contribution in [2.45, 2.75) is 17.7 Å². The number of aldehydes is 1. The lowest BCUT2D eigenvalue weighted by atomic mass is 10.1. The molecule has 0 bridgehead atoms. The normalized spacial score (nSPS) is 10.0. The Balaban J connectivity index is 2.85. The SMILES string of the molecule is CSc1cc(F)ccc1CCC=O. The third-order valence-electron chi connectivity index (χ3n) is 1.78. The van der Waals surface area contributed by atoms with Crippen LogP contribution in [0.25, 0.3) is 0 Å². The molecule has 1 aromatic rings. The molecule has 0 aromatic heterocycles. The predicted octanol–water partition coefficient (Wildman–Crippen LogP) is 2.68. The van der Waals surface area contributed by atoms with Crippen LogP contribution >= 0.6 is 11.8 Å². The van der Waals surface area contributed by atoms with Crippen LogP contribution in [0.4, 0.5) is 4.39 Å². The topological polar surface area (TPSA) is 17.1 Å². The van der Waals surface area contributed by atoms with Crippen molar-refractivity contribution in [3.63, 3.8) is 0 Å². The highest BCUT2D eigenvalue weighted by molar-refractivity contribution is 7.98. The second kappa shape index (κ2) is 5.02. The van der Waals surface area contributed by atoms with Crippen LogP contribution in [0.3, 0.4) is 0 Å². The molecule has 3 heteroatoms. The van der Waals surface area contributed by atoms with Crippen molar-refractivity contribution < 1.29 is 9.18 Å². The standard InChI is InChI=1S/C10H11FOS/c1-13-10-7-9(11)5-4-8(10)3-2-6-12/h4-7H,2-3H2,1H3. The van der Waals surface area contributed by atoms with Crippen LogP contribution in [0.5, 0.6) is 0 Å². The highest BCUT2D eigenvalue weighted by atomic mass is 32.2. The summed E-state index contributed by atoms with van der Waals surface area (Å²) in [5.41, 5.74) is 1.04. The first-order valence-electron chi connectivity index (χ1n) is 4.04. The van der Waals surface area contributed by atoms with Gasteiger partial charge in [0, 0.05) is 11.3 Å². The van der Waals surface area contributed by atoms with E-state index >= 15 is 0 Å². The predicted molar refractivity (Wildman–Crippen MR) is 52.6 cm³/mol. The van der Waals surface area contributed by atoms with E-state index in [4.69, 9.17) is 0 Å². The molecular formula is C10H11FOS. The summed E-state index contributed by atoms with van der Waals surface area (Å²) in [6.45, 7) is 0. The fourth-order valence-corrected chi connectivity index (χ4v) is 1.80. The molecule has 0 heterocycles. The lowest BCUT2D eigenvalue weighted by molar-refractivity contribution is -0.107. The molecule has 0 fully saturated rings. The van der Waals surface area contributed by atoms with E-state index in [0.717, 1.165) is 16.7 Å². The van der Waals surface area contributed by atoms with Crippen LogP contribution in [-0.2, 0) is 11.2 Å². The number of rotatable bonds is 4. The van der Waals surface area contributed by atoms with E-state index in [1.54, 1.807) is 6.07 Å². The van der Waals surface area contributed by atoms with Gasteiger partial charge in [-0.25, -0.2) is 4.39 Å². The van der Waals surface area contributed by atoms with Gasteiger partial charge in [0.1, 0.15) is 12.1 Å². The van der Waals surface area contributed by atoms with Gasteiger partial charge in [0.05, 0.1) is 0 Å². The molecule has 0 saturated carbocycles. The molecule has 1 rings (SSSR count). The molecule has 0 aliphatic heterocycles. The number of hydrogen-bond donors (Lipinski definition) is 0. The average Bonchev–Trinajstić information content (AvgIpc) is 2.16. The zero-order valence-electron chi connectivity index (χ0n) is 7.42. The minimum Gasteiger partial charge on any atom is -0.303 e. The average molecular weight is 198 g/mol. The lowest BCUT2D eigenvalue weighted by Gasteiger charge is -2.04. The first-order chi connectivity index (χ1) is 6.27. The summed E-state index contributed by atoms with van der Waals surface area (Å²) in [5, 5.41) is 0. The Labute approximate surface area is 81.3 Å². The van der Waals surface area contributed by atoms with E-state index < -0.39 is 0 Å². The van der Waals surface area contributed by atoms with Gasteiger partial charge in [-0.1, -0.05) is 6.07 Å². The molecule has 0 saturated heterocycles. The minimum atomic E-state index is -0.223. The maximum Gasteiger partial charge on any atom is 0.124 e. The Morgan fingerprint density at radius 1 is 1.54 bits per heavy atom. The molecule has 70 valence electrons. The first-order valence-corrected chi connectivity index (χ1v) is 5.26. The Bertz CT molecular complexity index is 299. The first kappa shape index (κ1) is 10.3. The van der Waals surface area contributed by atoms with Crippen LogP contribution in [0, 0.1) is 5.82 Å². The van der Waals surface area contributed by atoms with Crippen LogP contribution < -0.4 is 0 Å². The summed E-state index contributed by atoms with van der Waals surface area (Å²) in [4.78, 5) is 11.1. The van der Waals surface area contributed by atoms with E-state index in [2.05, 4.69) is 0 Å². The monoisotopic (exact) mass is 198 g/mol. The lowest BCUT2D eigenvalue weighted by Crippen LogP contribution is -1.90. The van der Waals surface area contributed by atoms with Crippen LogP contribution in [0.2, 0.25) is 0 Å². The second-order valence-corrected chi connectivity index (χ2v) is 3.51. The van der Waals surface area contributed by atoms with Gasteiger partial charge in [-0.05, 0) is 30.4 Å². The van der Waals surface area contributed by atoms with Gasteiger partial charge in [-0.3, -0.25) is 0 Å². The van der Waals surface area contributed by atoms with Gasteiger partial charge < -0.3 is 4.79 Å². The molecule has 0 aliphatic carbocycles. The maximum atomic E-state index is 12.8. The molecule has 1 aromatic carbocycles. The third-order valence-corrected chi connectivity index (χ3v) is 2.60. The molecule has 0 amide bonds. The summed E-state index contributed by atoms with van der Waals surface area (Å²) in [7, 11) is 0. The van der Waals surface area contributed by atoms with Crippen LogP contribution in [0.1, 0.15) is 12.0 Å². The summed E-state index contributed by atoms with van der Waals surface area (Å²) in [6, 6.07) is 4.68. The number of carbonyl (C=O) groups excluding carboxylic acids is 1. The fourth-order valence-electron chi connectivity index (χ4n) is 1.14. The van der Waals surface area contributed by atoms with E-state index in [1.807, 2.05) is 6.26 Å². The molecule has 1 nitrogen and oxygen atoms in total. The van der Waals surface area contributed by atoms with Crippen molar-refractivity contribution in [2.24, 2.45) is 0 Å². The van der Waals surface area contributed by atoms with Crippen LogP contribution in [0.15, 0.2) is 23.1 Å². The zero-order valence-corrected chi connectivity index (χ0v) is 8.23. The van der Waals surface area contributed by atoms with Crippen molar-refractivity contribution in [1.82, 2.24) is 0 Å². The zero-order chi connectivity index (χ0) is 9.68. The molecule has 0 N–H and O–H groups in total. The van der Waals surface area contributed by atoms with Crippen molar-refractivity contribution in [1.29, 1.82) is 0 Å². The minimum absolute atomic E-state index is 0.223. The second-order valence-electron chi connectivity index (χ2n) is 2.66. The molecule has 0 radical (unpaired) electrons. The number of halogens is 1. The number of thioether (sulfide) groups is 1. The van der Waals surface area contributed by atoms with E-state index in [-0.39, 0.29) is 5.82 Å². The Kier molecular flexibility index (Phi) is 3.96.